The Morgan fingerprint density at radius 1 is 0.455 bits per heavy atom. The highest BCUT2D eigenvalue weighted by Crippen LogP contribution is 2.23. The van der Waals surface area contributed by atoms with Gasteiger partial charge in [0.2, 0.25) is 0 Å². The number of carbonyl (C=O) groups excluding carboxylic acids is 3. The first kappa shape index (κ1) is 53.4. The molecule has 0 aliphatic carbocycles. The summed E-state index contributed by atoms with van der Waals surface area (Å²) in [4.78, 5) is 39.6. The summed E-state index contributed by atoms with van der Waals surface area (Å²) in [5, 5.41) is 0. The van der Waals surface area contributed by atoms with Crippen LogP contribution in [0.4, 0.5) is 0 Å². The molecule has 0 rings (SSSR count). The molecule has 0 saturated heterocycles. The second kappa shape index (κ2) is 35.5. The number of nitrogens with zero attached hydrogens (tertiary/aromatic N) is 1. The zero-order valence-electron chi connectivity index (χ0n) is 38.2. The molecule has 0 radical (unpaired) electrons. The van der Waals surface area contributed by atoms with Gasteiger partial charge in [-0.15, -0.1) is 0 Å². The largest absolute Gasteiger partial charge is 0.465 e. The van der Waals surface area contributed by atoms with Gasteiger partial charge in [0.1, 0.15) is 6.10 Å². The summed E-state index contributed by atoms with van der Waals surface area (Å²) in [7, 11) is 2.09. The summed E-state index contributed by atoms with van der Waals surface area (Å²) >= 11 is 0. The van der Waals surface area contributed by atoms with E-state index in [1.165, 1.54) is 38.5 Å². The maximum absolute atomic E-state index is 12.7. The average molecular weight is 780 g/mol. The lowest BCUT2D eigenvalue weighted by molar-refractivity contribution is -0.150. The highest BCUT2D eigenvalue weighted by molar-refractivity contribution is 5.70. The molecule has 0 aromatic carbocycles. The van der Waals surface area contributed by atoms with Gasteiger partial charge < -0.3 is 19.1 Å². The lowest BCUT2D eigenvalue weighted by Gasteiger charge is -2.21. The van der Waals surface area contributed by atoms with Crippen LogP contribution < -0.4 is 0 Å². The van der Waals surface area contributed by atoms with Crippen LogP contribution in [0.2, 0.25) is 0 Å². The second-order valence-corrected chi connectivity index (χ2v) is 18.5. The van der Waals surface area contributed by atoms with E-state index < -0.39 is 0 Å². The van der Waals surface area contributed by atoms with Crippen molar-refractivity contribution >= 4 is 17.9 Å². The molecular formula is C48H93NO6. The number of unbranched alkanes of at least 4 members (excludes halogenated alkanes) is 12. The quantitative estimate of drug-likeness (QED) is 0.0350. The van der Waals surface area contributed by atoms with Gasteiger partial charge in [0.05, 0.1) is 13.2 Å². The Balaban J connectivity index is 4.29. The fourth-order valence-corrected chi connectivity index (χ4v) is 7.07. The summed E-state index contributed by atoms with van der Waals surface area (Å²) < 4.78 is 17.3. The van der Waals surface area contributed by atoms with Gasteiger partial charge >= 0.3 is 17.9 Å². The van der Waals surface area contributed by atoms with E-state index in [1.807, 2.05) is 0 Å². The highest BCUT2D eigenvalue weighted by Gasteiger charge is 2.18. The molecule has 2 atom stereocenters. The van der Waals surface area contributed by atoms with Crippen molar-refractivity contribution in [2.45, 2.75) is 223 Å². The summed E-state index contributed by atoms with van der Waals surface area (Å²) in [6.45, 7) is 23.1. The predicted octanol–water partition coefficient (Wildman–Crippen LogP) is 13.2. The molecule has 0 bridgehead atoms. The second-order valence-electron chi connectivity index (χ2n) is 18.5. The molecule has 0 saturated carbocycles. The van der Waals surface area contributed by atoms with Crippen LogP contribution in [-0.2, 0) is 28.6 Å². The molecule has 0 aliphatic heterocycles. The molecule has 0 amide bonds. The van der Waals surface area contributed by atoms with Gasteiger partial charge in [-0.25, -0.2) is 0 Å². The Bertz CT molecular complexity index is 860. The minimum atomic E-state index is -0.0443. The minimum Gasteiger partial charge on any atom is -0.465 e. The molecule has 0 fully saturated rings. The van der Waals surface area contributed by atoms with E-state index in [-0.39, 0.29) is 24.0 Å². The maximum Gasteiger partial charge on any atom is 0.306 e. The molecule has 2 unspecified atom stereocenters. The van der Waals surface area contributed by atoms with E-state index in [0.29, 0.717) is 68.0 Å². The van der Waals surface area contributed by atoms with E-state index in [0.717, 1.165) is 109 Å². The van der Waals surface area contributed by atoms with Crippen molar-refractivity contribution in [3.63, 3.8) is 0 Å². The molecule has 7 heteroatoms. The summed E-state index contributed by atoms with van der Waals surface area (Å²) in [5.41, 5.74) is 0. The smallest absolute Gasteiger partial charge is 0.306 e. The third-order valence-electron chi connectivity index (χ3n) is 11.6. The van der Waals surface area contributed by atoms with Gasteiger partial charge in [-0.05, 0) is 113 Å². The first-order valence-electron chi connectivity index (χ1n) is 23.4. The molecule has 326 valence electrons. The van der Waals surface area contributed by atoms with Gasteiger partial charge in [0, 0.05) is 19.3 Å². The predicted molar refractivity (Wildman–Crippen MR) is 232 cm³/mol. The Labute approximate surface area is 341 Å². The lowest BCUT2D eigenvalue weighted by atomic mass is 9.89. The Morgan fingerprint density at radius 3 is 1.18 bits per heavy atom. The van der Waals surface area contributed by atoms with E-state index in [4.69, 9.17) is 14.2 Å². The van der Waals surface area contributed by atoms with Gasteiger partial charge in [-0.2, -0.15) is 0 Å². The number of carbonyl (C=O) groups is 3. The van der Waals surface area contributed by atoms with E-state index in [9.17, 15) is 14.4 Å². The molecule has 7 nitrogen and oxygen atoms in total. The first-order chi connectivity index (χ1) is 26.2. The number of esters is 3. The van der Waals surface area contributed by atoms with E-state index in [2.05, 4.69) is 74.3 Å². The van der Waals surface area contributed by atoms with Crippen molar-refractivity contribution < 1.29 is 28.6 Å². The van der Waals surface area contributed by atoms with Crippen LogP contribution in [-0.4, -0.2) is 62.3 Å². The van der Waals surface area contributed by atoms with Crippen molar-refractivity contribution in [3.05, 3.63) is 0 Å². The van der Waals surface area contributed by atoms with E-state index in [1.54, 1.807) is 0 Å². The lowest BCUT2D eigenvalue weighted by Crippen LogP contribution is -2.22. The molecule has 0 heterocycles. The summed E-state index contributed by atoms with van der Waals surface area (Å²) in [5.74, 6) is 3.25. The van der Waals surface area contributed by atoms with Crippen molar-refractivity contribution in [2.24, 2.45) is 35.5 Å². The molecule has 0 aromatic rings. The number of hydrogen-bond acceptors (Lipinski definition) is 7. The summed E-state index contributed by atoms with van der Waals surface area (Å²) in [6, 6.07) is 0. The standard InChI is InChI=1S/C48H93NO6/c1-11-49(10)36-26-31-48(52)55-45(27-22-18-14-12-16-20-24-29-46(50)53-37-43(41(6)7)34-32-39(2)3)28-23-19-15-13-17-21-25-30-47(51)54-38-44(42(8)9)35-33-40(4)5/h39-45H,11-38H2,1-10H3. The number of ether oxygens (including phenoxy) is 3. The molecule has 0 spiro atoms. The molecular weight excluding hydrogens is 687 g/mol. The van der Waals surface area contributed by atoms with Crippen LogP contribution in [0.5, 0.6) is 0 Å². The zero-order chi connectivity index (χ0) is 41.3. The van der Waals surface area contributed by atoms with Gasteiger partial charge in [-0.3, -0.25) is 14.4 Å². The topological polar surface area (TPSA) is 82.1 Å². The van der Waals surface area contributed by atoms with Crippen molar-refractivity contribution in [2.75, 3.05) is 33.4 Å². The van der Waals surface area contributed by atoms with Crippen molar-refractivity contribution in [3.8, 4) is 0 Å². The minimum absolute atomic E-state index is 0.0229. The third kappa shape index (κ3) is 34.2. The fourth-order valence-electron chi connectivity index (χ4n) is 7.07. The Hall–Kier alpha value is -1.63. The Kier molecular flexibility index (Phi) is 34.5. The van der Waals surface area contributed by atoms with E-state index >= 15 is 0 Å². The monoisotopic (exact) mass is 780 g/mol. The van der Waals surface area contributed by atoms with Crippen LogP contribution in [0.25, 0.3) is 0 Å². The van der Waals surface area contributed by atoms with Gasteiger partial charge in [-0.1, -0.05) is 139 Å². The number of rotatable bonds is 38. The molecule has 0 aromatic heterocycles. The van der Waals surface area contributed by atoms with Gasteiger partial charge in [0.15, 0.2) is 0 Å². The Morgan fingerprint density at radius 2 is 0.818 bits per heavy atom. The third-order valence-corrected chi connectivity index (χ3v) is 11.6. The normalized spacial score (nSPS) is 13.6. The van der Waals surface area contributed by atoms with Crippen LogP contribution in [0.15, 0.2) is 0 Å². The molecule has 0 N–H and O–H groups in total. The van der Waals surface area contributed by atoms with Crippen LogP contribution in [0.1, 0.15) is 216 Å². The first-order valence-corrected chi connectivity index (χ1v) is 23.4. The summed E-state index contributed by atoms with van der Waals surface area (Å²) in [6.07, 6.45) is 24.5. The maximum atomic E-state index is 12.7. The average Bonchev–Trinajstić information content (AvgIpc) is 3.12. The van der Waals surface area contributed by atoms with Crippen LogP contribution >= 0.6 is 0 Å². The zero-order valence-corrected chi connectivity index (χ0v) is 38.2. The number of hydrogen-bond donors (Lipinski definition) is 0. The van der Waals surface area contributed by atoms with Gasteiger partial charge in [0.25, 0.3) is 0 Å². The highest BCUT2D eigenvalue weighted by atomic mass is 16.5. The van der Waals surface area contributed by atoms with Crippen molar-refractivity contribution in [1.82, 2.24) is 4.90 Å². The fraction of sp³-hybridized carbons (Fsp3) is 0.938. The van der Waals surface area contributed by atoms with Crippen LogP contribution in [0, 0.1) is 35.5 Å². The molecule has 0 aliphatic rings. The molecule has 55 heavy (non-hydrogen) atoms. The van der Waals surface area contributed by atoms with Crippen molar-refractivity contribution in [1.29, 1.82) is 0 Å². The van der Waals surface area contributed by atoms with Crippen LogP contribution in [0.3, 0.4) is 0 Å². The SMILES string of the molecule is CCN(C)CCCC(=O)OC(CCCCCCCCCC(=O)OCC(CCC(C)C)C(C)C)CCCCCCCCCC(=O)OCC(CCC(C)C)C(C)C.